The van der Waals surface area contributed by atoms with Gasteiger partial charge in [-0.25, -0.2) is 4.79 Å². The maximum atomic E-state index is 11.0. The fourth-order valence-corrected chi connectivity index (χ4v) is 1.41. The summed E-state index contributed by atoms with van der Waals surface area (Å²) < 4.78 is 5.49. The van der Waals surface area contributed by atoms with Gasteiger partial charge in [0, 0.05) is 0 Å². The molecule has 0 aliphatic rings. The minimum absolute atomic E-state index is 0.339. The molecule has 0 amide bonds. The number of allylic oxidation sites excluding steroid dienone is 1. The molecule has 1 aromatic carbocycles. The van der Waals surface area contributed by atoms with Gasteiger partial charge in [-0.1, -0.05) is 31.5 Å². The first-order valence-electron chi connectivity index (χ1n) is 5.31. The van der Waals surface area contributed by atoms with Gasteiger partial charge in [-0.05, 0) is 25.5 Å². The zero-order valence-electron chi connectivity index (χ0n) is 9.56. The minimum atomic E-state index is -0.907. The number of para-hydroxylation sites is 1. The van der Waals surface area contributed by atoms with Crippen LogP contribution in [0.25, 0.3) is 0 Å². The van der Waals surface area contributed by atoms with Crippen LogP contribution in [0.3, 0.4) is 0 Å². The molecule has 0 aliphatic carbocycles. The van der Waals surface area contributed by atoms with Gasteiger partial charge in [0.15, 0.2) is 0 Å². The second-order valence-corrected chi connectivity index (χ2v) is 3.51. The third-order valence-corrected chi connectivity index (χ3v) is 2.20. The molecule has 3 heteroatoms. The number of carboxylic acid groups (broad SMARTS) is 1. The van der Waals surface area contributed by atoms with Crippen LogP contribution in [0.4, 0.5) is 0 Å². The van der Waals surface area contributed by atoms with Crippen LogP contribution in [0.15, 0.2) is 41.7 Å². The smallest absolute Gasteiger partial charge is 0.334 e. The molecule has 0 atom stereocenters. The fraction of sp³-hybridized carbons (Fsp3) is 0.308. The summed E-state index contributed by atoms with van der Waals surface area (Å²) in [5, 5.41) is 9.01. The molecule has 86 valence electrons. The van der Waals surface area contributed by atoms with E-state index in [4.69, 9.17) is 9.84 Å². The zero-order chi connectivity index (χ0) is 12.0. The van der Waals surface area contributed by atoms with Gasteiger partial charge in [0.05, 0.1) is 5.57 Å². The quantitative estimate of drug-likeness (QED) is 0.612. The summed E-state index contributed by atoms with van der Waals surface area (Å²) >= 11 is 0. The Labute approximate surface area is 95.4 Å². The third kappa shape index (κ3) is 3.42. The van der Waals surface area contributed by atoms with Crippen LogP contribution in [-0.2, 0) is 4.79 Å². The average molecular weight is 220 g/mol. The van der Waals surface area contributed by atoms with Gasteiger partial charge < -0.3 is 9.84 Å². The van der Waals surface area contributed by atoms with Gasteiger partial charge in [-0.15, -0.1) is 0 Å². The molecule has 1 N–H and O–H groups in total. The van der Waals surface area contributed by atoms with Crippen molar-refractivity contribution < 1.29 is 14.6 Å². The minimum Gasteiger partial charge on any atom is -0.478 e. The molecular formula is C13H16O3. The van der Waals surface area contributed by atoms with Crippen molar-refractivity contribution in [2.45, 2.75) is 26.7 Å². The summed E-state index contributed by atoms with van der Waals surface area (Å²) in [5.41, 5.74) is 0.339. The van der Waals surface area contributed by atoms with Crippen LogP contribution < -0.4 is 4.74 Å². The SMILES string of the molecule is CCCC(C(=O)O)=C(C)Oc1ccccc1. The van der Waals surface area contributed by atoms with E-state index in [0.717, 1.165) is 6.42 Å². The Hall–Kier alpha value is -1.77. The molecule has 0 spiro atoms. The van der Waals surface area contributed by atoms with E-state index in [0.29, 0.717) is 23.5 Å². The lowest BCUT2D eigenvalue weighted by Crippen LogP contribution is -2.06. The van der Waals surface area contributed by atoms with Gasteiger partial charge in [0.25, 0.3) is 0 Å². The highest BCUT2D eigenvalue weighted by Crippen LogP contribution is 2.17. The Balaban J connectivity index is 2.85. The van der Waals surface area contributed by atoms with Gasteiger partial charge in [0.1, 0.15) is 11.5 Å². The number of carboxylic acids is 1. The largest absolute Gasteiger partial charge is 0.478 e. The van der Waals surface area contributed by atoms with Gasteiger partial charge in [-0.3, -0.25) is 0 Å². The Bertz CT molecular complexity index is 379. The maximum Gasteiger partial charge on any atom is 0.334 e. The van der Waals surface area contributed by atoms with Crippen molar-refractivity contribution in [1.29, 1.82) is 0 Å². The van der Waals surface area contributed by atoms with Crippen LogP contribution in [0.1, 0.15) is 26.7 Å². The molecule has 0 unspecified atom stereocenters. The molecule has 3 nitrogen and oxygen atoms in total. The highest BCUT2D eigenvalue weighted by Gasteiger charge is 2.11. The molecule has 0 heterocycles. The highest BCUT2D eigenvalue weighted by molar-refractivity contribution is 5.87. The van der Waals surface area contributed by atoms with E-state index in [-0.39, 0.29) is 0 Å². The first-order chi connectivity index (χ1) is 7.65. The van der Waals surface area contributed by atoms with Crippen LogP contribution in [-0.4, -0.2) is 11.1 Å². The number of rotatable bonds is 5. The molecule has 1 aromatic rings. The van der Waals surface area contributed by atoms with Gasteiger partial charge in [-0.2, -0.15) is 0 Å². The normalized spacial score (nSPS) is 11.9. The molecular weight excluding hydrogens is 204 g/mol. The second kappa shape index (κ2) is 5.95. The zero-order valence-corrected chi connectivity index (χ0v) is 9.56. The van der Waals surface area contributed by atoms with Crippen LogP contribution in [0.2, 0.25) is 0 Å². The molecule has 0 radical (unpaired) electrons. The first-order valence-corrected chi connectivity index (χ1v) is 5.31. The average Bonchev–Trinajstić information content (AvgIpc) is 2.26. The monoisotopic (exact) mass is 220 g/mol. The number of hydrogen-bond donors (Lipinski definition) is 1. The first kappa shape index (κ1) is 12.3. The van der Waals surface area contributed by atoms with E-state index in [1.165, 1.54) is 0 Å². The number of ether oxygens (including phenoxy) is 1. The summed E-state index contributed by atoms with van der Waals surface area (Å²) in [6.45, 7) is 3.63. The van der Waals surface area contributed by atoms with Crippen molar-refractivity contribution in [2.24, 2.45) is 0 Å². The van der Waals surface area contributed by atoms with Gasteiger partial charge >= 0.3 is 5.97 Å². The number of carbonyl (C=O) groups is 1. The van der Waals surface area contributed by atoms with E-state index in [2.05, 4.69) is 0 Å². The Kier molecular flexibility index (Phi) is 4.58. The van der Waals surface area contributed by atoms with Crippen LogP contribution in [0, 0.1) is 0 Å². The van der Waals surface area contributed by atoms with Crippen molar-refractivity contribution in [1.82, 2.24) is 0 Å². The van der Waals surface area contributed by atoms with E-state index >= 15 is 0 Å². The number of benzene rings is 1. The summed E-state index contributed by atoms with van der Waals surface area (Å²) in [5.74, 6) is 0.214. The molecule has 0 bridgehead atoms. The van der Waals surface area contributed by atoms with Crippen LogP contribution >= 0.6 is 0 Å². The topological polar surface area (TPSA) is 46.5 Å². The molecule has 0 fully saturated rings. The molecule has 0 saturated heterocycles. The van der Waals surface area contributed by atoms with Crippen molar-refractivity contribution in [3.05, 3.63) is 41.7 Å². The van der Waals surface area contributed by atoms with Gasteiger partial charge in [0.2, 0.25) is 0 Å². The molecule has 16 heavy (non-hydrogen) atoms. The lowest BCUT2D eigenvalue weighted by Gasteiger charge is -2.09. The Morgan fingerprint density at radius 1 is 1.31 bits per heavy atom. The van der Waals surface area contributed by atoms with E-state index < -0.39 is 5.97 Å². The summed E-state index contributed by atoms with van der Waals surface area (Å²) in [7, 11) is 0. The lowest BCUT2D eigenvalue weighted by molar-refractivity contribution is -0.133. The Morgan fingerprint density at radius 3 is 2.44 bits per heavy atom. The summed E-state index contributed by atoms with van der Waals surface area (Å²) in [4.78, 5) is 11.0. The number of hydrogen-bond acceptors (Lipinski definition) is 2. The molecule has 0 aliphatic heterocycles. The molecule has 1 rings (SSSR count). The summed E-state index contributed by atoms with van der Waals surface area (Å²) in [6.07, 6.45) is 1.31. The van der Waals surface area contributed by atoms with E-state index in [1.54, 1.807) is 19.1 Å². The standard InChI is InChI=1S/C13H16O3/c1-3-7-12(13(14)15)10(2)16-11-8-5-4-6-9-11/h4-6,8-9H,3,7H2,1-2H3,(H,14,15). The molecule has 0 aromatic heterocycles. The van der Waals surface area contributed by atoms with Crippen molar-refractivity contribution >= 4 is 5.97 Å². The molecule has 0 saturated carbocycles. The van der Waals surface area contributed by atoms with Crippen molar-refractivity contribution in [2.75, 3.05) is 0 Å². The third-order valence-electron chi connectivity index (χ3n) is 2.20. The fourth-order valence-electron chi connectivity index (χ4n) is 1.41. The second-order valence-electron chi connectivity index (χ2n) is 3.51. The van der Waals surface area contributed by atoms with E-state index in [1.807, 2.05) is 25.1 Å². The predicted octanol–water partition coefficient (Wildman–Crippen LogP) is 3.22. The maximum absolute atomic E-state index is 11.0. The van der Waals surface area contributed by atoms with E-state index in [9.17, 15) is 4.79 Å². The van der Waals surface area contributed by atoms with Crippen LogP contribution in [0.5, 0.6) is 5.75 Å². The number of aliphatic carboxylic acids is 1. The highest BCUT2D eigenvalue weighted by atomic mass is 16.5. The Morgan fingerprint density at radius 2 is 1.94 bits per heavy atom. The predicted molar refractivity (Wildman–Crippen MR) is 62.3 cm³/mol. The summed E-state index contributed by atoms with van der Waals surface area (Å²) in [6, 6.07) is 9.19. The van der Waals surface area contributed by atoms with Crippen molar-refractivity contribution in [3.63, 3.8) is 0 Å². The lowest BCUT2D eigenvalue weighted by atomic mass is 10.1. The van der Waals surface area contributed by atoms with Crippen molar-refractivity contribution in [3.8, 4) is 5.75 Å².